The molecule has 0 bridgehead atoms. The lowest BCUT2D eigenvalue weighted by Crippen LogP contribution is -2.46. The van der Waals surface area contributed by atoms with Crippen LogP contribution in [0, 0.1) is 11.3 Å². The van der Waals surface area contributed by atoms with Gasteiger partial charge in [0.2, 0.25) is 0 Å². The third-order valence-corrected chi connectivity index (χ3v) is 4.28. The fourth-order valence-corrected chi connectivity index (χ4v) is 2.94. The van der Waals surface area contributed by atoms with E-state index in [2.05, 4.69) is 28.9 Å². The zero-order chi connectivity index (χ0) is 13.0. The molecule has 3 nitrogen and oxygen atoms in total. The van der Waals surface area contributed by atoms with Crippen molar-refractivity contribution < 1.29 is 0 Å². The maximum atomic E-state index is 9.36. The summed E-state index contributed by atoms with van der Waals surface area (Å²) in [6.07, 6.45) is 2.02. The Morgan fingerprint density at radius 3 is 2.56 bits per heavy atom. The molecule has 2 rings (SSSR count). The van der Waals surface area contributed by atoms with Gasteiger partial charge in [-0.05, 0) is 24.9 Å². The Kier molecular flexibility index (Phi) is 4.51. The highest BCUT2D eigenvalue weighted by Crippen LogP contribution is 2.29. The molecule has 0 amide bonds. The summed E-state index contributed by atoms with van der Waals surface area (Å²) in [4.78, 5) is 5.86. The molecule has 1 aliphatic heterocycles. The quantitative estimate of drug-likeness (QED) is 0.782. The normalized spacial score (nSPS) is 16.6. The lowest BCUT2D eigenvalue weighted by molar-refractivity contribution is 0.271. The monoisotopic (exact) mass is 261 g/mol. The maximum Gasteiger partial charge on any atom is 0.103 e. The van der Waals surface area contributed by atoms with E-state index in [0.717, 1.165) is 48.9 Å². The van der Waals surface area contributed by atoms with Crippen molar-refractivity contribution >= 4 is 17.4 Å². The first-order chi connectivity index (χ1) is 8.80. The van der Waals surface area contributed by atoms with E-state index < -0.39 is 0 Å². The van der Waals surface area contributed by atoms with E-state index in [4.69, 9.17) is 0 Å². The highest BCUT2D eigenvalue weighted by molar-refractivity contribution is 7.98. The minimum atomic E-state index is 0.829. The molecule has 1 aromatic carbocycles. The van der Waals surface area contributed by atoms with Crippen LogP contribution in [0.5, 0.6) is 0 Å². The molecule has 1 heterocycles. The SMILES string of the molecule is CCN1CCN(c2cccc(SC)c2C#N)CC1. The molecule has 96 valence electrons. The summed E-state index contributed by atoms with van der Waals surface area (Å²) >= 11 is 1.64. The Morgan fingerprint density at radius 1 is 1.28 bits per heavy atom. The minimum Gasteiger partial charge on any atom is -0.368 e. The molecule has 0 spiro atoms. The smallest absolute Gasteiger partial charge is 0.103 e. The zero-order valence-corrected chi connectivity index (χ0v) is 11.8. The first kappa shape index (κ1) is 13.3. The highest BCUT2D eigenvalue weighted by atomic mass is 32.2. The molecular formula is C14H19N3S. The van der Waals surface area contributed by atoms with E-state index in [9.17, 15) is 5.26 Å². The first-order valence-electron chi connectivity index (χ1n) is 6.34. The summed E-state index contributed by atoms with van der Waals surface area (Å²) in [5.41, 5.74) is 1.93. The van der Waals surface area contributed by atoms with Gasteiger partial charge >= 0.3 is 0 Å². The molecule has 0 N–H and O–H groups in total. The molecule has 1 fully saturated rings. The van der Waals surface area contributed by atoms with Gasteiger partial charge < -0.3 is 9.80 Å². The van der Waals surface area contributed by atoms with Crippen LogP contribution in [0.25, 0.3) is 0 Å². The van der Waals surface area contributed by atoms with Crippen molar-refractivity contribution in [3.8, 4) is 6.07 Å². The highest BCUT2D eigenvalue weighted by Gasteiger charge is 2.19. The number of anilines is 1. The maximum absolute atomic E-state index is 9.36. The molecule has 0 unspecified atom stereocenters. The van der Waals surface area contributed by atoms with E-state index in [1.807, 2.05) is 18.4 Å². The Morgan fingerprint density at radius 2 is 2.00 bits per heavy atom. The number of nitrogens with zero attached hydrogens (tertiary/aromatic N) is 3. The van der Waals surface area contributed by atoms with Gasteiger partial charge in [0.05, 0.1) is 11.3 Å². The molecule has 0 atom stereocenters. The van der Waals surface area contributed by atoms with Crippen LogP contribution in [-0.2, 0) is 0 Å². The first-order valence-corrected chi connectivity index (χ1v) is 7.57. The third-order valence-electron chi connectivity index (χ3n) is 3.50. The van der Waals surface area contributed by atoms with Crippen LogP contribution in [0.3, 0.4) is 0 Å². The van der Waals surface area contributed by atoms with Gasteiger partial charge in [-0.3, -0.25) is 0 Å². The summed E-state index contributed by atoms with van der Waals surface area (Å²) in [6.45, 7) is 7.52. The summed E-state index contributed by atoms with van der Waals surface area (Å²) < 4.78 is 0. The topological polar surface area (TPSA) is 30.3 Å². The van der Waals surface area contributed by atoms with Gasteiger partial charge in [0, 0.05) is 31.1 Å². The molecule has 0 radical (unpaired) electrons. The Labute approximate surface area is 113 Å². The van der Waals surface area contributed by atoms with E-state index in [0.29, 0.717) is 0 Å². The molecular weight excluding hydrogens is 242 g/mol. The lowest BCUT2D eigenvalue weighted by Gasteiger charge is -2.36. The predicted molar refractivity (Wildman–Crippen MR) is 77.3 cm³/mol. The summed E-state index contributed by atoms with van der Waals surface area (Å²) in [6, 6.07) is 8.50. The third kappa shape index (κ3) is 2.63. The Balaban J connectivity index is 2.22. The van der Waals surface area contributed by atoms with Crippen LogP contribution in [0.2, 0.25) is 0 Å². The molecule has 0 aromatic heterocycles. The summed E-state index contributed by atoms with van der Waals surface area (Å²) in [5, 5.41) is 9.36. The average molecular weight is 261 g/mol. The minimum absolute atomic E-state index is 0.829. The van der Waals surface area contributed by atoms with Crippen LogP contribution in [0.15, 0.2) is 23.1 Å². The lowest BCUT2D eigenvalue weighted by atomic mass is 10.1. The number of rotatable bonds is 3. The number of hydrogen-bond donors (Lipinski definition) is 0. The fourth-order valence-electron chi connectivity index (χ4n) is 2.37. The standard InChI is InChI=1S/C14H19N3S/c1-3-16-7-9-17(10-8-16)13-5-4-6-14(18-2)12(13)11-15/h4-6H,3,7-10H2,1-2H3. The van der Waals surface area contributed by atoms with Gasteiger partial charge in [-0.1, -0.05) is 13.0 Å². The molecule has 0 saturated carbocycles. The van der Waals surface area contributed by atoms with E-state index >= 15 is 0 Å². The van der Waals surface area contributed by atoms with Gasteiger partial charge in [-0.15, -0.1) is 11.8 Å². The number of benzene rings is 1. The van der Waals surface area contributed by atoms with Crippen LogP contribution in [0.4, 0.5) is 5.69 Å². The van der Waals surface area contributed by atoms with Crippen molar-refractivity contribution in [1.82, 2.24) is 4.90 Å². The number of piperazine rings is 1. The van der Waals surface area contributed by atoms with Crippen LogP contribution < -0.4 is 4.90 Å². The van der Waals surface area contributed by atoms with Crippen molar-refractivity contribution in [2.24, 2.45) is 0 Å². The molecule has 0 aliphatic carbocycles. The molecule has 1 saturated heterocycles. The zero-order valence-electron chi connectivity index (χ0n) is 11.0. The van der Waals surface area contributed by atoms with E-state index in [1.54, 1.807) is 11.8 Å². The Bertz CT molecular complexity index is 445. The molecule has 1 aliphatic rings. The summed E-state index contributed by atoms with van der Waals surface area (Å²) in [5.74, 6) is 0. The van der Waals surface area contributed by atoms with Crippen molar-refractivity contribution in [3.63, 3.8) is 0 Å². The molecule has 1 aromatic rings. The van der Waals surface area contributed by atoms with Gasteiger partial charge in [0.1, 0.15) is 6.07 Å². The summed E-state index contributed by atoms with van der Waals surface area (Å²) in [7, 11) is 0. The second-order valence-electron chi connectivity index (χ2n) is 4.39. The molecule has 4 heteroatoms. The van der Waals surface area contributed by atoms with Gasteiger partial charge in [-0.2, -0.15) is 5.26 Å². The second-order valence-corrected chi connectivity index (χ2v) is 5.24. The van der Waals surface area contributed by atoms with Crippen molar-refractivity contribution in [1.29, 1.82) is 5.26 Å². The van der Waals surface area contributed by atoms with Crippen LogP contribution in [0.1, 0.15) is 12.5 Å². The van der Waals surface area contributed by atoms with Crippen molar-refractivity contribution in [2.45, 2.75) is 11.8 Å². The number of thioether (sulfide) groups is 1. The van der Waals surface area contributed by atoms with Crippen LogP contribution >= 0.6 is 11.8 Å². The number of hydrogen-bond acceptors (Lipinski definition) is 4. The van der Waals surface area contributed by atoms with Gasteiger partial charge in [0.15, 0.2) is 0 Å². The number of nitriles is 1. The number of likely N-dealkylation sites (N-methyl/N-ethyl adjacent to an activating group) is 1. The Hall–Kier alpha value is -1.18. The fraction of sp³-hybridized carbons (Fsp3) is 0.500. The van der Waals surface area contributed by atoms with Gasteiger partial charge in [0.25, 0.3) is 0 Å². The second kappa shape index (κ2) is 6.12. The molecule has 18 heavy (non-hydrogen) atoms. The van der Waals surface area contributed by atoms with Gasteiger partial charge in [-0.25, -0.2) is 0 Å². The predicted octanol–water partition coefficient (Wildman–Crippen LogP) is 2.42. The van der Waals surface area contributed by atoms with E-state index in [1.165, 1.54) is 0 Å². The van der Waals surface area contributed by atoms with Crippen molar-refractivity contribution in [2.75, 3.05) is 43.9 Å². The van der Waals surface area contributed by atoms with Crippen molar-refractivity contribution in [3.05, 3.63) is 23.8 Å². The average Bonchev–Trinajstić information content (AvgIpc) is 2.46. The van der Waals surface area contributed by atoms with E-state index in [-0.39, 0.29) is 0 Å². The van der Waals surface area contributed by atoms with Crippen LogP contribution in [-0.4, -0.2) is 43.9 Å². The largest absolute Gasteiger partial charge is 0.368 e.